The number of hydrogen-bond donors (Lipinski definition) is 2. The monoisotopic (exact) mass is 708 g/mol. The Morgan fingerprint density at radius 1 is 1.15 bits per heavy atom. The maximum Gasteiger partial charge on any atom is 0.408 e. The first-order valence-corrected chi connectivity index (χ1v) is 15.9. The second kappa shape index (κ2) is 15.2. The maximum atomic E-state index is 14.2. The Hall–Kier alpha value is -3.12. The summed E-state index contributed by atoms with van der Waals surface area (Å²) < 4.78 is 10.8. The number of esters is 1. The molecule has 3 heterocycles. The third kappa shape index (κ3) is 8.42. The number of nitrogens with one attached hydrogen (secondary N) is 2. The molecule has 3 aliphatic rings. The number of fused-ring (bicyclic) bond motifs is 2. The zero-order valence-corrected chi connectivity index (χ0v) is 29.9. The quantitative estimate of drug-likeness (QED) is 0.272. The van der Waals surface area contributed by atoms with Gasteiger partial charge < -0.3 is 25.0 Å². The molecule has 1 radical (unpaired) electrons. The number of nitrogens with zero attached hydrogens (tertiary/aromatic N) is 4. The third-order valence-corrected chi connectivity index (χ3v) is 8.42. The van der Waals surface area contributed by atoms with Crippen molar-refractivity contribution in [2.45, 2.75) is 102 Å². The average Bonchev–Trinajstić information content (AvgIpc) is 3.31. The van der Waals surface area contributed by atoms with Crippen molar-refractivity contribution in [1.82, 2.24) is 30.5 Å². The van der Waals surface area contributed by atoms with Gasteiger partial charge in [0, 0.05) is 51.6 Å². The van der Waals surface area contributed by atoms with E-state index in [1.807, 2.05) is 42.5 Å². The Morgan fingerprint density at radius 2 is 1.91 bits per heavy atom. The molecular formula is C33H43N6O6Y-. The molecular weight excluding hydrogens is 665 g/mol. The van der Waals surface area contributed by atoms with E-state index in [0.717, 1.165) is 24.8 Å². The number of hydrogen-bond acceptors (Lipinski definition) is 8. The Bertz CT molecular complexity index is 1430. The molecule has 0 spiro atoms. The molecule has 0 unspecified atom stereocenters. The van der Waals surface area contributed by atoms with Gasteiger partial charge in [-0.15, -0.1) is 17.7 Å². The van der Waals surface area contributed by atoms with Crippen molar-refractivity contribution in [3.63, 3.8) is 0 Å². The van der Waals surface area contributed by atoms with Gasteiger partial charge in [-0.3, -0.25) is 14.7 Å². The van der Waals surface area contributed by atoms with Crippen molar-refractivity contribution in [2.75, 3.05) is 13.2 Å². The van der Waals surface area contributed by atoms with E-state index in [1.165, 1.54) is 9.70 Å². The predicted molar refractivity (Wildman–Crippen MR) is 164 cm³/mol. The van der Waals surface area contributed by atoms with Gasteiger partial charge in [0.25, 0.3) is 0 Å². The van der Waals surface area contributed by atoms with Crippen LogP contribution in [-0.2, 0) is 56.6 Å². The van der Waals surface area contributed by atoms with Crippen LogP contribution in [0.1, 0.15) is 78.7 Å². The largest absolute Gasteiger partial charge is 0.464 e. The van der Waals surface area contributed by atoms with Crippen LogP contribution in [0.4, 0.5) is 4.79 Å². The number of amides is 3. The van der Waals surface area contributed by atoms with Crippen LogP contribution in [0.5, 0.6) is 0 Å². The van der Waals surface area contributed by atoms with Crippen molar-refractivity contribution in [1.29, 1.82) is 0 Å². The molecule has 12 nitrogen and oxygen atoms in total. The Kier molecular flexibility index (Phi) is 11.8. The van der Waals surface area contributed by atoms with Crippen LogP contribution in [0, 0.1) is 12.1 Å². The average molecular weight is 709 g/mol. The Morgan fingerprint density at radius 3 is 2.63 bits per heavy atom. The predicted octanol–water partition coefficient (Wildman–Crippen LogP) is 3.74. The summed E-state index contributed by atoms with van der Waals surface area (Å²) in [5.74, 6) is -1.53. The zero-order chi connectivity index (χ0) is 32.2. The molecule has 0 bridgehead atoms. The van der Waals surface area contributed by atoms with Gasteiger partial charge in [-0.05, 0) is 53.4 Å². The topological polar surface area (TPSA) is 145 Å². The molecule has 2 N–H and O–H groups in total. The van der Waals surface area contributed by atoms with Crippen LogP contribution in [0.2, 0.25) is 0 Å². The second-order valence-corrected chi connectivity index (χ2v) is 13.0. The van der Waals surface area contributed by atoms with E-state index >= 15 is 0 Å². The molecule has 1 aromatic heterocycles. The van der Waals surface area contributed by atoms with Crippen LogP contribution >= 0.6 is 0 Å². The number of allylic oxidation sites excluding steroid dienone is 1. The molecule has 5 atom stereocenters. The number of rotatable bonds is 5. The van der Waals surface area contributed by atoms with Crippen LogP contribution < -0.4 is 10.6 Å². The molecule has 46 heavy (non-hydrogen) atoms. The first-order chi connectivity index (χ1) is 21.5. The smallest absolute Gasteiger partial charge is 0.408 e. The van der Waals surface area contributed by atoms with E-state index in [0.29, 0.717) is 25.0 Å². The van der Waals surface area contributed by atoms with Gasteiger partial charge >= 0.3 is 12.1 Å². The number of benzene rings is 1. The SMILES string of the molecule is CCOC(=O)[C@@]12C[C@H]1/C=C\CCCCC[C@H](NC(=O)OC(C)(C)C)C(=O)N1C[C@H](n3n[c-]c(-c4ccccc4)n3)C[C@H]1C(=O)N2.[Y]. The molecule has 1 aromatic carbocycles. The molecule has 5 rings (SSSR count). The number of ether oxygens (including phenoxy) is 2. The van der Waals surface area contributed by atoms with Gasteiger partial charge in [0.15, 0.2) is 0 Å². The van der Waals surface area contributed by atoms with Gasteiger partial charge in [-0.1, -0.05) is 55.1 Å². The zero-order valence-electron chi connectivity index (χ0n) is 27.0. The summed E-state index contributed by atoms with van der Waals surface area (Å²) in [5, 5.41) is 14.7. The van der Waals surface area contributed by atoms with Crippen molar-refractivity contribution >= 4 is 23.9 Å². The Labute approximate surface area is 295 Å². The summed E-state index contributed by atoms with van der Waals surface area (Å²) in [6, 6.07) is 7.24. The van der Waals surface area contributed by atoms with Gasteiger partial charge in [0.2, 0.25) is 11.8 Å². The number of aromatic nitrogens is 3. The molecule has 1 saturated carbocycles. The first-order valence-electron chi connectivity index (χ1n) is 15.9. The Balaban J connectivity index is 0.00000480. The normalized spacial score (nSPS) is 27.4. The molecule has 2 fully saturated rings. The van der Waals surface area contributed by atoms with E-state index in [9.17, 15) is 19.2 Å². The van der Waals surface area contributed by atoms with Crippen LogP contribution in [0.15, 0.2) is 42.5 Å². The van der Waals surface area contributed by atoms with Gasteiger partial charge in [0.1, 0.15) is 23.2 Å². The fourth-order valence-electron chi connectivity index (χ4n) is 6.07. The van der Waals surface area contributed by atoms with E-state index in [1.54, 1.807) is 27.7 Å². The number of carbonyl (C=O) groups excluding carboxylic acids is 4. The van der Waals surface area contributed by atoms with E-state index in [4.69, 9.17) is 9.47 Å². The summed E-state index contributed by atoms with van der Waals surface area (Å²) in [5.41, 5.74) is -0.532. The van der Waals surface area contributed by atoms with Crippen LogP contribution in [0.3, 0.4) is 0 Å². The fraction of sp³-hybridized carbons (Fsp3) is 0.576. The van der Waals surface area contributed by atoms with Crippen molar-refractivity contribution < 1.29 is 61.4 Å². The molecule has 1 saturated heterocycles. The fourth-order valence-corrected chi connectivity index (χ4v) is 6.07. The second-order valence-electron chi connectivity index (χ2n) is 13.0. The summed E-state index contributed by atoms with van der Waals surface area (Å²) >= 11 is 0. The van der Waals surface area contributed by atoms with Gasteiger partial charge in [-0.2, -0.15) is 5.10 Å². The molecule has 1 aliphatic carbocycles. The van der Waals surface area contributed by atoms with Crippen LogP contribution in [-0.4, -0.2) is 80.1 Å². The number of carbonyl (C=O) groups is 4. The maximum absolute atomic E-state index is 14.2. The van der Waals surface area contributed by atoms with Crippen molar-refractivity contribution in [2.24, 2.45) is 5.92 Å². The molecule has 3 amide bonds. The summed E-state index contributed by atoms with van der Waals surface area (Å²) in [6.45, 7) is 7.32. The van der Waals surface area contributed by atoms with E-state index in [2.05, 4.69) is 27.0 Å². The standard InChI is InChI=1S/C33H43N6O6.Y/c1-5-44-30(42)33-19-23(33)16-12-7-6-8-13-17-25(35-31(43)45-32(2,3)4)29(41)38-21-24(18-27(38)28(40)36-33)39-34-20-26(37-39)22-14-10-9-11-15-22;/h9-12,14-16,23-25,27H,5-8,13,17-19,21H2,1-4H3,(H,35,43)(H,36,40);/q-1;/b16-12-;/t23-,24-,25+,27+,33-;/m1./s1. The molecule has 13 heteroatoms. The third-order valence-electron chi connectivity index (χ3n) is 8.42. The van der Waals surface area contributed by atoms with Crippen molar-refractivity contribution in [3.8, 4) is 11.3 Å². The molecule has 245 valence electrons. The first kappa shape index (κ1) is 35.7. The molecule has 2 aliphatic heterocycles. The molecule has 2 aromatic rings. The summed E-state index contributed by atoms with van der Waals surface area (Å²) in [4.78, 5) is 57.2. The van der Waals surface area contributed by atoms with Gasteiger partial charge in [0.05, 0.1) is 12.6 Å². The summed E-state index contributed by atoms with van der Waals surface area (Å²) in [6.07, 6.45) is 10.5. The van der Waals surface area contributed by atoms with E-state index < -0.39 is 53.1 Å². The van der Waals surface area contributed by atoms with E-state index in [-0.39, 0.29) is 58.2 Å². The van der Waals surface area contributed by atoms with Gasteiger partial charge in [-0.25, -0.2) is 14.4 Å². The summed E-state index contributed by atoms with van der Waals surface area (Å²) in [7, 11) is 0. The number of alkyl carbamates (subject to hydrolysis) is 1. The van der Waals surface area contributed by atoms with Crippen molar-refractivity contribution in [3.05, 3.63) is 48.7 Å². The minimum absolute atomic E-state index is 0. The minimum Gasteiger partial charge on any atom is -0.464 e. The van der Waals surface area contributed by atoms with Crippen LogP contribution in [0.25, 0.3) is 11.3 Å². The minimum atomic E-state index is -1.18.